The molecule has 10 heteroatoms. The number of rotatable bonds is 3. The Morgan fingerprint density at radius 3 is 2.68 bits per heavy atom. The summed E-state index contributed by atoms with van der Waals surface area (Å²) in [4.78, 5) is 28.4. The predicted molar refractivity (Wildman–Crippen MR) is 108 cm³/mol. The Balaban J connectivity index is 1.71. The highest BCUT2D eigenvalue weighted by Crippen LogP contribution is 2.53. The number of hydrogen-bond acceptors (Lipinski definition) is 5. The fourth-order valence-electron chi connectivity index (χ4n) is 4.76. The Kier molecular flexibility index (Phi) is 4.62. The summed E-state index contributed by atoms with van der Waals surface area (Å²) in [6.07, 6.45) is -1.79. The molecule has 2 heterocycles. The molecule has 1 fully saturated rings. The fraction of sp³-hybridized carbons (Fsp3) is 0.524. The Bertz CT molecular complexity index is 1220. The summed E-state index contributed by atoms with van der Waals surface area (Å²) in [5, 5.41) is 10.1. The van der Waals surface area contributed by atoms with Gasteiger partial charge in [-0.25, -0.2) is 18.0 Å². The van der Waals surface area contributed by atoms with Crippen molar-refractivity contribution in [1.82, 2.24) is 9.55 Å². The minimum atomic E-state index is -3.24. The zero-order chi connectivity index (χ0) is 22.2. The second-order valence-electron chi connectivity index (χ2n) is 8.42. The Morgan fingerprint density at radius 2 is 2.03 bits per heavy atom. The largest absolute Gasteiger partial charge is 0.382 e. The van der Waals surface area contributed by atoms with Crippen molar-refractivity contribution in [3.8, 4) is 0 Å². The van der Waals surface area contributed by atoms with Crippen LogP contribution in [0.3, 0.4) is 0 Å². The molecule has 3 atom stereocenters. The summed E-state index contributed by atoms with van der Waals surface area (Å²) in [6, 6.07) is 1.32. The first kappa shape index (κ1) is 20.7. The van der Waals surface area contributed by atoms with Gasteiger partial charge >= 0.3 is 5.69 Å². The number of alkyl halides is 2. The van der Waals surface area contributed by atoms with E-state index in [2.05, 4.69) is 4.98 Å². The van der Waals surface area contributed by atoms with Crippen LogP contribution in [-0.2, 0) is 11.2 Å². The van der Waals surface area contributed by atoms with Gasteiger partial charge in [0.1, 0.15) is 18.0 Å². The minimum absolute atomic E-state index is 0.0833. The van der Waals surface area contributed by atoms with E-state index in [1.54, 1.807) is 0 Å². The highest BCUT2D eigenvalue weighted by atomic mass is 32.1. The van der Waals surface area contributed by atoms with Crippen molar-refractivity contribution in [2.24, 2.45) is 0 Å². The number of methoxy groups -OCH3 is 1. The summed E-state index contributed by atoms with van der Waals surface area (Å²) in [5.41, 5.74) is -0.637. The average molecular weight is 454 g/mol. The van der Waals surface area contributed by atoms with Crippen LogP contribution in [0, 0.1) is 0 Å². The van der Waals surface area contributed by atoms with Crippen LogP contribution >= 0.6 is 11.3 Å². The highest BCUT2D eigenvalue weighted by molar-refractivity contribution is 7.12. The van der Waals surface area contributed by atoms with Crippen LogP contribution in [0.2, 0.25) is 0 Å². The first-order valence-electron chi connectivity index (χ1n) is 10.1. The van der Waals surface area contributed by atoms with Gasteiger partial charge in [0.2, 0.25) is 0 Å². The average Bonchev–Trinajstić information content (AvgIpc) is 3.45. The van der Waals surface area contributed by atoms with Crippen molar-refractivity contribution < 1.29 is 23.0 Å². The smallest absolute Gasteiger partial charge is 0.328 e. The van der Waals surface area contributed by atoms with Gasteiger partial charge in [0.15, 0.2) is 0 Å². The van der Waals surface area contributed by atoms with Crippen LogP contribution in [0.15, 0.2) is 21.5 Å². The zero-order valence-electron chi connectivity index (χ0n) is 16.9. The Morgan fingerprint density at radius 1 is 1.32 bits per heavy atom. The molecule has 6 nitrogen and oxygen atoms in total. The number of hydrogen-bond donors (Lipinski definition) is 2. The van der Waals surface area contributed by atoms with Crippen LogP contribution < -0.4 is 11.2 Å². The second kappa shape index (κ2) is 6.91. The van der Waals surface area contributed by atoms with Gasteiger partial charge in [-0.1, -0.05) is 0 Å². The highest BCUT2D eigenvalue weighted by Gasteiger charge is 2.47. The summed E-state index contributed by atoms with van der Waals surface area (Å²) < 4.78 is 50.8. The topological polar surface area (TPSA) is 84.3 Å². The molecule has 3 unspecified atom stereocenters. The number of aryl methyl sites for hydroxylation is 1. The van der Waals surface area contributed by atoms with Crippen molar-refractivity contribution in [3.05, 3.63) is 59.3 Å². The van der Waals surface area contributed by atoms with Gasteiger partial charge in [-0.3, -0.25) is 14.3 Å². The summed E-state index contributed by atoms with van der Waals surface area (Å²) >= 11 is 1.16. The number of halogens is 3. The van der Waals surface area contributed by atoms with Crippen LogP contribution in [-0.4, -0.2) is 27.7 Å². The van der Waals surface area contributed by atoms with Gasteiger partial charge in [0.25, 0.3) is 11.5 Å². The lowest BCUT2D eigenvalue weighted by Gasteiger charge is -2.33. The Hall–Kier alpha value is -2.17. The van der Waals surface area contributed by atoms with E-state index in [-0.39, 0.29) is 29.2 Å². The van der Waals surface area contributed by atoms with Crippen LogP contribution in [0.1, 0.15) is 76.9 Å². The number of aromatic nitrogens is 2. The number of ether oxygens (including phenoxy) is 1. The number of aromatic amines is 1. The predicted octanol–water partition coefficient (Wildman–Crippen LogP) is 3.73. The van der Waals surface area contributed by atoms with Crippen LogP contribution in [0.4, 0.5) is 13.2 Å². The van der Waals surface area contributed by atoms with E-state index < -0.39 is 47.5 Å². The van der Waals surface area contributed by atoms with Gasteiger partial charge < -0.3 is 9.84 Å². The molecular formula is C21H21F3N2O4S. The van der Waals surface area contributed by atoms with Gasteiger partial charge in [0, 0.05) is 34.9 Å². The van der Waals surface area contributed by atoms with Crippen molar-refractivity contribution in [2.45, 2.75) is 62.7 Å². The van der Waals surface area contributed by atoms with Crippen molar-refractivity contribution in [1.29, 1.82) is 0 Å². The number of nitrogens with zero attached hydrogens (tertiary/aromatic N) is 1. The molecule has 31 heavy (non-hydrogen) atoms. The molecule has 0 bridgehead atoms. The maximum atomic E-state index is 15.6. The van der Waals surface area contributed by atoms with Crippen molar-refractivity contribution in [2.75, 3.05) is 7.11 Å². The molecule has 0 aliphatic heterocycles. The third kappa shape index (κ3) is 2.99. The number of H-pyrrole nitrogens is 1. The van der Waals surface area contributed by atoms with Gasteiger partial charge in [-0.15, -0.1) is 11.3 Å². The summed E-state index contributed by atoms with van der Waals surface area (Å²) in [7, 11) is 1.37. The van der Waals surface area contributed by atoms with Gasteiger partial charge in [0.05, 0.1) is 17.2 Å². The zero-order valence-corrected chi connectivity index (χ0v) is 17.7. The SMILES string of the molecule is COC1c2c(c(=O)[nH]c(=O)n2C2CC2)C(C)=C(F)C1c1cc2c(s1)CCC(F)(F)C2O. The maximum absolute atomic E-state index is 15.6. The quantitative estimate of drug-likeness (QED) is 0.740. The molecule has 2 aromatic heterocycles. The molecule has 0 spiro atoms. The van der Waals surface area contributed by atoms with E-state index >= 15 is 4.39 Å². The first-order chi connectivity index (χ1) is 14.7. The van der Waals surface area contributed by atoms with Crippen molar-refractivity contribution in [3.63, 3.8) is 0 Å². The normalized spacial score (nSPS) is 27.2. The number of nitrogens with one attached hydrogen (secondary N) is 1. The number of allylic oxidation sites excluding steroid dienone is 1. The van der Waals surface area contributed by atoms with E-state index in [0.29, 0.717) is 15.4 Å². The summed E-state index contributed by atoms with van der Waals surface area (Å²) in [5.74, 6) is -4.85. The fourth-order valence-corrected chi connectivity index (χ4v) is 6.07. The maximum Gasteiger partial charge on any atom is 0.328 e. The van der Waals surface area contributed by atoms with E-state index in [4.69, 9.17) is 4.74 Å². The van der Waals surface area contributed by atoms with Gasteiger partial charge in [-0.05, 0) is 37.8 Å². The number of thiophene rings is 1. The van der Waals surface area contributed by atoms with E-state index in [1.807, 2.05) is 0 Å². The van der Waals surface area contributed by atoms with E-state index in [1.165, 1.54) is 24.7 Å². The molecule has 2 aromatic rings. The lowest BCUT2D eigenvalue weighted by Crippen LogP contribution is -2.39. The number of aliphatic hydroxyl groups is 1. The molecule has 166 valence electrons. The molecule has 5 rings (SSSR count). The first-order valence-corrected chi connectivity index (χ1v) is 10.9. The molecule has 0 saturated heterocycles. The summed E-state index contributed by atoms with van der Waals surface area (Å²) in [6.45, 7) is 1.47. The van der Waals surface area contributed by atoms with Crippen LogP contribution in [0.5, 0.6) is 0 Å². The third-order valence-corrected chi connectivity index (χ3v) is 7.77. The molecule has 3 aliphatic rings. The molecule has 1 saturated carbocycles. The van der Waals surface area contributed by atoms with Crippen LogP contribution in [0.25, 0.3) is 5.57 Å². The standard InChI is InChI=1S/C21H21F3N2O4S/c1-8-13-16(26(9-3-4-9)20(29)25-19(13)28)17(30-2)14(15(8)22)12-7-10-11(31-12)5-6-21(23,24)18(10)27/h7,9,14,17-18,27H,3-6H2,1-2H3,(H,25,28,29). The Labute approximate surface area is 179 Å². The molecule has 3 aliphatic carbocycles. The molecule has 0 aromatic carbocycles. The molecule has 0 radical (unpaired) electrons. The van der Waals surface area contributed by atoms with Gasteiger partial charge in [-0.2, -0.15) is 0 Å². The van der Waals surface area contributed by atoms with Crippen molar-refractivity contribution >= 4 is 16.9 Å². The molecular weight excluding hydrogens is 433 g/mol. The molecule has 0 amide bonds. The third-order valence-electron chi connectivity index (χ3n) is 6.47. The number of fused-ring (bicyclic) bond motifs is 2. The number of aliphatic hydroxyl groups excluding tert-OH is 1. The second-order valence-corrected chi connectivity index (χ2v) is 9.59. The lowest BCUT2D eigenvalue weighted by molar-refractivity contribution is -0.121. The molecule has 2 N–H and O–H groups in total. The monoisotopic (exact) mass is 454 g/mol. The lowest BCUT2D eigenvalue weighted by atomic mass is 9.83. The van der Waals surface area contributed by atoms with E-state index in [9.17, 15) is 23.5 Å². The minimum Gasteiger partial charge on any atom is -0.382 e. The van der Waals surface area contributed by atoms with E-state index in [0.717, 1.165) is 24.2 Å².